The summed E-state index contributed by atoms with van der Waals surface area (Å²) in [5.74, 6) is -0.183. The maximum absolute atomic E-state index is 13.1. The van der Waals surface area contributed by atoms with Gasteiger partial charge in [-0.2, -0.15) is 0 Å². The first-order valence-electron chi connectivity index (χ1n) is 9.57. The van der Waals surface area contributed by atoms with Crippen LogP contribution in [0.2, 0.25) is 0 Å². The van der Waals surface area contributed by atoms with Crippen LogP contribution in [0, 0.1) is 28.6 Å². The zero-order chi connectivity index (χ0) is 18.5. The van der Waals surface area contributed by atoms with Crippen LogP contribution in [0.1, 0.15) is 44.9 Å². The number of Topliss-reactive ketones (excluding diaryl/α,β-unsaturated/α-hetero) is 1. The number of ketones is 1. The Balaban J connectivity index is 1.87. The Kier molecular flexibility index (Phi) is 4.08. The van der Waals surface area contributed by atoms with Crippen LogP contribution in [-0.4, -0.2) is 31.9 Å². The number of carbonyl (C=O) groups excluding carboxylic acids is 3. The summed E-state index contributed by atoms with van der Waals surface area (Å²) in [5, 5.41) is 0. The standard InChI is InChI=1S/C21H26O5/c1-25-18(23)12-14-4-3-7-21(19(24)26-2)15(14)6-9-20-8-5-13(10-16(20)21)11-17(20)22/h6,9,12-13,15-16H,3-5,7-8,10-11H2,1-2H3/b14-12+/t13?,15-,16?,20+,21?/m1/s1. The number of esters is 2. The Hall–Kier alpha value is -1.91. The van der Waals surface area contributed by atoms with Crippen molar-refractivity contribution in [1.82, 2.24) is 0 Å². The van der Waals surface area contributed by atoms with Crippen molar-refractivity contribution >= 4 is 17.7 Å². The summed E-state index contributed by atoms with van der Waals surface area (Å²) >= 11 is 0. The lowest BCUT2D eigenvalue weighted by atomic mass is 9.41. The van der Waals surface area contributed by atoms with Crippen LogP contribution >= 0.6 is 0 Å². The molecule has 5 rings (SSSR count). The zero-order valence-electron chi connectivity index (χ0n) is 15.5. The van der Waals surface area contributed by atoms with Crippen molar-refractivity contribution < 1.29 is 23.9 Å². The average Bonchev–Trinajstić information content (AvgIpc) is 2.66. The van der Waals surface area contributed by atoms with E-state index in [1.54, 1.807) is 0 Å². The van der Waals surface area contributed by atoms with Crippen LogP contribution in [0.15, 0.2) is 23.8 Å². The fraction of sp³-hybridized carbons (Fsp3) is 0.667. The number of ether oxygens (including phenoxy) is 2. The predicted octanol–water partition coefficient (Wildman–Crippen LogP) is 2.99. The van der Waals surface area contributed by atoms with Crippen molar-refractivity contribution in [2.45, 2.75) is 44.9 Å². The summed E-state index contributed by atoms with van der Waals surface area (Å²) in [6.07, 6.45) is 11.3. The quantitative estimate of drug-likeness (QED) is 0.431. The third kappa shape index (κ3) is 2.18. The highest BCUT2D eigenvalue weighted by molar-refractivity contribution is 5.92. The molecule has 5 aliphatic rings. The highest BCUT2D eigenvalue weighted by Gasteiger charge is 2.66. The molecule has 0 aromatic rings. The van der Waals surface area contributed by atoms with Gasteiger partial charge in [0.05, 0.1) is 25.0 Å². The Morgan fingerprint density at radius 1 is 1.23 bits per heavy atom. The molecule has 140 valence electrons. The van der Waals surface area contributed by atoms with E-state index in [2.05, 4.69) is 6.08 Å². The summed E-state index contributed by atoms with van der Waals surface area (Å²) < 4.78 is 10.1. The molecule has 5 atom stereocenters. The minimum absolute atomic E-state index is 0.0289. The first-order valence-corrected chi connectivity index (χ1v) is 9.57. The summed E-state index contributed by atoms with van der Waals surface area (Å²) in [4.78, 5) is 38.0. The van der Waals surface area contributed by atoms with E-state index < -0.39 is 16.8 Å². The van der Waals surface area contributed by atoms with Gasteiger partial charge in [-0.1, -0.05) is 17.7 Å². The third-order valence-electron chi connectivity index (χ3n) is 7.44. The van der Waals surface area contributed by atoms with Crippen LogP contribution in [0.4, 0.5) is 0 Å². The number of rotatable bonds is 2. The van der Waals surface area contributed by atoms with Crippen LogP contribution in [0.5, 0.6) is 0 Å². The molecule has 0 N–H and O–H groups in total. The highest BCUT2D eigenvalue weighted by atomic mass is 16.5. The minimum atomic E-state index is -0.740. The van der Waals surface area contributed by atoms with E-state index in [-0.39, 0.29) is 23.6 Å². The Bertz CT molecular complexity index is 720. The molecular weight excluding hydrogens is 332 g/mol. The van der Waals surface area contributed by atoms with Crippen LogP contribution < -0.4 is 0 Å². The SMILES string of the molecule is COC(=O)/C=C1\CCCC2(C(=O)OC)C3CC4CC[C@@]3(C=C[C@H]12)C(=O)C4. The molecule has 2 bridgehead atoms. The maximum Gasteiger partial charge on any atom is 0.330 e. The lowest BCUT2D eigenvalue weighted by Gasteiger charge is -2.61. The van der Waals surface area contributed by atoms with Gasteiger partial charge in [-0.05, 0) is 50.4 Å². The first-order chi connectivity index (χ1) is 12.5. The number of hydrogen-bond acceptors (Lipinski definition) is 5. The molecule has 0 aromatic carbocycles. The van der Waals surface area contributed by atoms with Gasteiger partial charge in [-0.15, -0.1) is 0 Å². The Labute approximate surface area is 153 Å². The summed E-state index contributed by atoms with van der Waals surface area (Å²) in [5.41, 5.74) is -0.336. The van der Waals surface area contributed by atoms with Crippen molar-refractivity contribution in [2.24, 2.45) is 28.6 Å². The molecule has 4 saturated carbocycles. The smallest absolute Gasteiger partial charge is 0.330 e. The van der Waals surface area contributed by atoms with Crippen molar-refractivity contribution in [1.29, 1.82) is 0 Å². The van der Waals surface area contributed by atoms with E-state index in [1.165, 1.54) is 20.3 Å². The fourth-order valence-corrected chi connectivity index (χ4v) is 6.33. The Morgan fingerprint density at radius 2 is 2.04 bits per heavy atom. The summed E-state index contributed by atoms with van der Waals surface area (Å²) in [6.45, 7) is 0. The van der Waals surface area contributed by atoms with Gasteiger partial charge in [0.1, 0.15) is 5.78 Å². The van der Waals surface area contributed by atoms with Crippen molar-refractivity contribution in [3.8, 4) is 0 Å². The van der Waals surface area contributed by atoms with Gasteiger partial charge < -0.3 is 9.47 Å². The van der Waals surface area contributed by atoms with Crippen LogP contribution in [-0.2, 0) is 23.9 Å². The van der Waals surface area contributed by atoms with Gasteiger partial charge in [0.2, 0.25) is 0 Å². The molecule has 4 fully saturated rings. The summed E-state index contributed by atoms with van der Waals surface area (Å²) in [7, 11) is 2.79. The highest BCUT2D eigenvalue weighted by Crippen LogP contribution is 2.66. The third-order valence-corrected chi connectivity index (χ3v) is 7.44. The number of fused-ring (bicyclic) bond motifs is 3. The topological polar surface area (TPSA) is 69.7 Å². The minimum Gasteiger partial charge on any atom is -0.469 e. The van der Waals surface area contributed by atoms with E-state index in [0.717, 1.165) is 37.7 Å². The number of methoxy groups -OCH3 is 2. The van der Waals surface area contributed by atoms with Gasteiger partial charge in [0.15, 0.2) is 0 Å². The Morgan fingerprint density at radius 3 is 2.73 bits per heavy atom. The molecule has 0 aliphatic heterocycles. The normalized spacial score (nSPS) is 42.2. The fourth-order valence-electron chi connectivity index (χ4n) is 6.33. The van der Waals surface area contributed by atoms with E-state index in [0.29, 0.717) is 18.8 Å². The molecule has 26 heavy (non-hydrogen) atoms. The summed E-state index contributed by atoms with van der Waals surface area (Å²) in [6, 6.07) is 0. The van der Waals surface area contributed by atoms with Gasteiger partial charge in [0.25, 0.3) is 0 Å². The van der Waals surface area contributed by atoms with Gasteiger partial charge in [-0.25, -0.2) is 4.79 Å². The van der Waals surface area contributed by atoms with Gasteiger partial charge in [-0.3, -0.25) is 9.59 Å². The predicted molar refractivity (Wildman–Crippen MR) is 93.9 cm³/mol. The largest absolute Gasteiger partial charge is 0.469 e. The molecule has 3 unspecified atom stereocenters. The molecule has 0 amide bonds. The van der Waals surface area contributed by atoms with Crippen LogP contribution in [0.3, 0.4) is 0 Å². The number of hydrogen-bond donors (Lipinski definition) is 0. The second kappa shape index (κ2) is 6.07. The molecular formula is C21H26O5. The van der Waals surface area contributed by atoms with Crippen molar-refractivity contribution in [3.05, 3.63) is 23.8 Å². The molecule has 0 saturated heterocycles. The van der Waals surface area contributed by atoms with Gasteiger partial charge >= 0.3 is 11.9 Å². The molecule has 5 heteroatoms. The maximum atomic E-state index is 13.1. The number of allylic oxidation sites excluding steroid dienone is 3. The monoisotopic (exact) mass is 358 g/mol. The molecule has 1 spiro atoms. The van der Waals surface area contributed by atoms with Crippen molar-refractivity contribution in [3.63, 3.8) is 0 Å². The molecule has 0 aromatic heterocycles. The lowest BCUT2D eigenvalue weighted by molar-refractivity contribution is -0.176. The average molecular weight is 358 g/mol. The van der Waals surface area contributed by atoms with E-state index in [1.807, 2.05) is 6.08 Å². The molecule has 0 radical (unpaired) electrons. The first kappa shape index (κ1) is 17.5. The second-order valence-electron chi connectivity index (χ2n) is 8.33. The number of carbonyl (C=O) groups is 3. The van der Waals surface area contributed by atoms with Crippen LogP contribution in [0.25, 0.3) is 0 Å². The molecule has 5 nitrogen and oxygen atoms in total. The van der Waals surface area contributed by atoms with E-state index >= 15 is 0 Å². The second-order valence-corrected chi connectivity index (χ2v) is 8.33. The molecule has 5 aliphatic carbocycles. The van der Waals surface area contributed by atoms with E-state index in [9.17, 15) is 14.4 Å². The van der Waals surface area contributed by atoms with Gasteiger partial charge in [0, 0.05) is 18.4 Å². The van der Waals surface area contributed by atoms with E-state index in [4.69, 9.17) is 9.47 Å². The lowest BCUT2D eigenvalue weighted by Crippen LogP contribution is -2.62. The van der Waals surface area contributed by atoms with Crippen molar-refractivity contribution in [2.75, 3.05) is 14.2 Å². The zero-order valence-corrected chi connectivity index (χ0v) is 15.5. The molecule has 0 heterocycles.